The predicted molar refractivity (Wildman–Crippen MR) is 37.1 cm³/mol. The first-order valence-electron chi connectivity index (χ1n) is 3.07. The van der Waals surface area contributed by atoms with Crippen LogP contribution >= 0.6 is 0 Å². The van der Waals surface area contributed by atoms with Crippen LogP contribution in [0.1, 0.15) is 20.8 Å². The van der Waals surface area contributed by atoms with Gasteiger partial charge in [-0.05, 0) is 20.8 Å². The summed E-state index contributed by atoms with van der Waals surface area (Å²) in [6.07, 6.45) is 1.34. The molecule has 0 bridgehead atoms. The maximum atomic E-state index is 8.88. The zero-order valence-corrected chi connectivity index (χ0v) is 6.51. The Morgan fingerprint density at radius 2 is 2.00 bits per heavy atom. The van der Waals surface area contributed by atoms with Gasteiger partial charge < -0.3 is 9.84 Å². The van der Waals surface area contributed by atoms with Crippen molar-refractivity contribution in [3.05, 3.63) is 6.42 Å². The van der Waals surface area contributed by atoms with Gasteiger partial charge in [0.25, 0.3) is 0 Å². The number of hydrogen-bond acceptors (Lipinski definition) is 2. The summed E-state index contributed by atoms with van der Waals surface area (Å²) in [5, 5.41) is 8.88. The van der Waals surface area contributed by atoms with E-state index in [1.807, 2.05) is 13.8 Å². The molecule has 0 fully saturated rings. The molecule has 1 N–H and O–H groups in total. The molecular weight excluding hydrogens is 116 g/mol. The highest BCUT2D eigenvalue weighted by molar-refractivity contribution is 4.89. The first-order valence-corrected chi connectivity index (χ1v) is 3.07. The lowest BCUT2D eigenvalue weighted by atomic mass is 10.0. The average molecular weight is 131 g/mol. The minimum atomic E-state index is -0.403. The van der Waals surface area contributed by atoms with Crippen LogP contribution in [0.2, 0.25) is 0 Å². The van der Waals surface area contributed by atoms with Crippen LogP contribution in [0.3, 0.4) is 0 Å². The standard InChI is InChI=1S/C7H15O2/c1-6(8)5-7(2,3)9-4/h5-6,8H,1-4H3/t6-/m0/s1. The van der Waals surface area contributed by atoms with Crippen LogP contribution in [0.4, 0.5) is 0 Å². The third kappa shape index (κ3) is 4.43. The topological polar surface area (TPSA) is 29.5 Å². The van der Waals surface area contributed by atoms with E-state index in [0.717, 1.165) is 0 Å². The van der Waals surface area contributed by atoms with E-state index in [4.69, 9.17) is 9.84 Å². The third-order valence-electron chi connectivity index (χ3n) is 1.17. The lowest BCUT2D eigenvalue weighted by molar-refractivity contribution is 0.0298. The lowest BCUT2D eigenvalue weighted by Gasteiger charge is -2.23. The summed E-state index contributed by atoms with van der Waals surface area (Å²) < 4.78 is 5.03. The molecule has 0 aliphatic rings. The predicted octanol–water partition coefficient (Wildman–Crippen LogP) is 0.996. The van der Waals surface area contributed by atoms with Gasteiger partial charge in [0.2, 0.25) is 0 Å². The Hall–Kier alpha value is -0.0800. The molecule has 2 nitrogen and oxygen atoms in total. The largest absolute Gasteiger partial charge is 0.393 e. The van der Waals surface area contributed by atoms with Gasteiger partial charge in [0, 0.05) is 13.5 Å². The molecule has 0 aromatic heterocycles. The zero-order valence-electron chi connectivity index (χ0n) is 6.51. The van der Waals surface area contributed by atoms with Crippen LogP contribution in [0.5, 0.6) is 0 Å². The molecule has 0 heterocycles. The number of aliphatic hydroxyl groups excluding tert-OH is 1. The summed E-state index contributed by atoms with van der Waals surface area (Å²) in [5.41, 5.74) is -0.311. The van der Waals surface area contributed by atoms with Crippen molar-refractivity contribution < 1.29 is 9.84 Å². The molecule has 0 spiro atoms. The highest BCUT2D eigenvalue weighted by Crippen LogP contribution is 2.13. The lowest BCUT2D eigenvalue weighted by Crippen LogP contribution is -2.28. The first-order chi connectivity index (χ1) is 3.98. The molecule has 1 radical (unpaired) electrons. The Labute approximate surface area is 56.8 Å². The molecule has 2 heteroatoms. The summed E-state index contributed by atoms with van der Waals surface area (Å²) in [6, 6.07) is 0. The second kappa shape index (κ2) is 3.18. The highest BCUT2D eigenvalue weighted by atomic mass is 16.5. The monoisotopic (exact) mass is 131 g/mol. The quantitative estimate of drug-likeness (QED) is 0.619. The first kappa shape index (κ1) is 8.92. The van der Waals surface area contributed by atoms with Crippen LogP contribution in [0.15, 0.2) is 0 Å². The van der Waals surface area contributed by atoms with Gasteiger partial charge in [-0.3, -0.25) is 0 Å². The normalized spacial score (nSPS) is 15.7. The van der Waals surface area contributed by atoms with Gasteiger partial charge in [0.05, 0.1) is 11.7 Å². The van der Waals surface area contributed by atoms with E-state index in [2.05, 4.69) is 0 Å². The Morgan fingerprint density at radius 1 is 1.56 bits per heavy atom. The Bertz CT molecular complexity index is 77.0. The van der Waals surface area contributed by atoms with Crippen molar-refractivity contribution in [1.29, 1.82) is 0 Å². The molecule has 0 aliphatic carbocycles. The van der Waals surface area contributed by atoms with E-state index in [1.54, 1.807) is 20.5 Å². The highest BCUT2D eigenvalue weighted by Gasteiger charge is 2.18. The van der Waals surface area contributed by atoms with Crippen LogP contribution in [0.25, 0.3) is 0 Å². The molecule has 55 valence electrons. The fourth-order valence-corrected chi connectivity index (χ4v) is 0.649. The number of ether oxygens (including phenoxy) is 1. The van der Waals surface area contributed by atoms with Crippen LogP contribution in [-0.4, -0.2) is 23.9 Å². The van der Waals surface area contributed by atoms with Crippen molar-refractivity contribution in [3.63, 3.8) is 0 Å². The number of hydrogen-bond donors (Lipinski definition) is 1. The molecule has 0 saturated carbocycles. The molecule has 0 unspecified atom stereocenters. The third-order valence-corrected chi connectivity index (χ3v) is 1.17. The molecule has 9 heavy (non-hydrogen) atoms. The van der Waals surface area contributed by atoms with E-state index < -0.39 is 6.10 Å². The summed E-state index contributed by atoms with van der Waals surface area (Å²) in [7, 11) is 1.62. The molecule has 0 aromatic rings. The molecule has 0 aliphatic heterocycles. The van der Waals surface area contributed by atoms with Gasteiger partial charge in [0.1, 0.15) is 0 Å². The molecule has 0 rings (SSSR count). The maximum Gasteiger partial charge on any atom is 0.0680 e. The fourth-order valence-electron chi connectivity index (χ4n) is 0.649. The average Bonchev–Trinajstić information content (AvgIpc) is 1.63. The van der Waals surface area contributed by atoms with Crippen LogP contribution in [0, 0.1) is 6.42 Å². The Morgan fingerprint density at radius 3 is 2.11 bits per heavy atom. The van der Waals surface area contributed by atoms with Crippen molar-refractivity contribution in [2.24, 2.45) is 0 Å². The maximum absolute atomic E-state index is 8.88. The smallest absolute Gasteiger partial charge is 0.0680 e. The summed E-state index contributed by atoms with van der Waals surface area (Å²) in [6.45, 7) is 5.51. The van der Waals surface area contributed by atoms with Gasteiger partial charge in [-0.15, -0.1) is 0 Å². The zero-order chi connectivity index (χ0) is 7.49. The van der Waals surface area contributed by atoms with Crippen molar-refractivity contribution in [3.8, 4) is 0 Å². The van der Waals surface area contributed by atoms with E-state index >= 15 is 0 Å². The van der Waals surface area contributed by atoms with Crippen LogP contribution in [-0.2, 0) is 4.74 Å². The van der Waals surface area contributed by atoms with Crippen molar-refractivity contribution >= 4 is 0 Å². The van der Waals surface area contributed by atoms with Crippen molar-refractivity contribution in [2.45, 2.75) is 32.5 Å². The number of methoxy groups -OCH3 is 1. The summed E-state index contributed by atoms with van der Waals surface area (Å²) in [4.78, 5) is 0. The Kier molecular flexibility index (Phi) is 3.15. The minimum Gasteiger partial charge on any atom is -0.393 e. The van der Waals surface area contributed by atoms with E-state index in [1.165, 1.54) is 0 Å². The molecule has 0 amide bonds. The molecule has 0 saturated heterocycles. The summed E-state index contributed by atoms with van der Waals surface area (Å²) in [5.74, 6) is 0. The van der Waals surface area contributed by atoms with Crippen molar-refractivity contribution in [2.75, 3.05) is 7.11 Å². The summed E-state index contributed by atoms with van der Waals surface area (Å²) >= 11 is 0. The molecule has 1 atom stereocenters. The van der Waals surface area contributed by atoms with Crippen LogP contribution < -0.4 is 0 Å². The van der Waals surface area contributed by atoms with E-state index in [-0.39, 0.29) is 5.60 Å². The van der Waals surface area contributed by atoms with Gasteiger partial charge in [-0.25, -0.2) is 0 Å². The van der Waals surface area contributed by atoms with Gasteiger partial charge in [-0.1, -0.05) is 0 Å². The minimum absolute atomic E-state index is 0.311. The fraction of sp³-hybridized carbons (Fsp3) is 0.857. The number of rotatable bonds is 3. The Balaban J connectivity index is 3.58. The number of aliphatic hydroxyl groups is 1. The van der Waals surface area contributed by atoms with E-state index in [9.17, 15) is 0 Å². The second-order valence-corrected chi connectivity index (χ2v) is 2.71. The van der Waals surface area contributed by atoms with E-state index in [0.29, 0.717) is 0 Å². The SMILES string of the molecule is COC(C)(C)[CH][C@H](C)O. The molecule has 0 aromatic carbocycles. The van der Waals surface area contributed by atoms with Crippen molar-refractivity contribution in [1.82, 2.24) is 0 Å². The van der Waals surface area contributed by atoms with Gasteiger partial charge in [-0.2, -0.15) is 0 Å². The van der Waals surface area contributed by atoms with Gasteiger partial charge in [0.15, 0.2) is 0 Å². The molecular formula is C7H15O2. The van der Waals surface area contributed by atoms with Gasteiger partial charge >= 0.3 is 0 Å². The second-order valence-electron chi connectivity index (χ2n) is 2.71.